The maximum absolute atomic E-state index is 12.5. The molecule has 0 bridgehead atoms. The second kappa shape index (κ2) is 7.65. The Kier molecular flexibility index (Phi) is 5.06. The number of fused-ring (bicyclic) bond motifs is 1. The highest BCUT2D eigenvalue weighted by Crippen LogP contribution is 2.33. The zero-order valence-electron chi connectivity index (χ0n) is 15.5. The van der Waals surface area contributed by atoms with Crippen LogP contribution < -0.4 is 10.5 Å². The lowest BCUT2D eigenvalue weighted by Crippen LogP contribution is -2.46. The summed E-state index contributed by atoms with van der Waals surface area (Å²) in [7, 11) is 0. The quantitative estimate of drug-likeness (QED) is 0.498. The summed E-state index contributed by atoms with van der Waals surface area (Å²) in [6, 6.07) is 13.5. The van der Waals surface area contributed by atoms with Gasteiger partial charge in [0, 0.05) is 38.8 Å². The van der Waals surface area contributed by atoms with Crippen LogP contribution in [0.2, 0.25) is 0 Å². The van der Waals surface area contributed by atoms with Gasteiger partial charge in [-0.05, 0) is 24.1 Å². The molecule has 0 atom stereocenters. The van der Waals surface area contributed by atoms with Crippen LogP contribution in [0, 0.1) is 17.0 Å². The minimum absolute atomic E-state index is 0.0246. The minimum atomic E-state index is -0.424. The number of non-ortho nitro benzene ring substituents is 1. The smallest absolute Gasteiger partial charge is 0.287 e. The average Bonchev–Trinajstić information content (AvgIpc) is 2.69. The van der Waals surface area contributed by atoms with E-state index in [-0.39, 0.29) is 5.69 Å². The van der Waals surface area contributed by atoms with Crippen LogP contribution in [0.25, 0.3) is 10.1 Å². The van der Waals surface area contributed by atoms with Crippen molar-refractivity contribution in [2.24, 2.45) is 0 Å². The topological polar surface area (TPSA) is 79.6 Å². The van der Waals surface area contributed by atoms with Gasteiger partial charge in [0.1, 0.15) is 4.70 Å². The Labute approximate surface area is 166 Å². The molecule has 0 N–H and O–H groups in total. The van der Waals surface area contributed by atoms with Crippen molar-refractivity contribution in [3.05, 3.63) is 74.1 Å². The molecule has 1 aromatic heterocycles. The Balaban J connectivity index is 1.57. The van der Waals surface area contributed by atoms with Gasteiger partial charge < -0.3 is 4.90 Å². The number of benzene rings is 2. The number of piperazine rings is 1. The second-order valence-corrected chi connectivity index (χ2v) is 7.95. The molecular weight excluding hydrogens is 376 g/mol. The number of aromatic nitrogens is 1. The molecule has 0 saturated carbocycles. The standard InChI is InChI=1S/C20H20N4O3S/c1-14-11-16-18(17(12-14)24(26)27)28-20(21-19(16)25)23-9-7-22(8-10-23)13-15-5-3-2-4-6-15/h2-6,11-12H,7-10,13H2,1H3. The molecule has 0 aliphatic carbocycles. The molecule has 2 aromatic carbocycles. The minimum Gasteiger partial charge on any atom is -0.345 e. The van der Waals surface area contributed by atoms with E-state index in [1.54, 1.807) is 13.0 Å². The van der Waals surface area contributed by atoms with Crippen molar-refractivity contribution in [3.63, 3.8) is 0 Å². The molecule has 4 rings (SSSR count). The number of hydrogen-bond acceptors (Lipinski definition) is 7. The van der Waals surface area contributed by atoms with Crippen LogP contribution >= 0.6 is 11.3 Å². The summed E-state index contributed by atoms with van der Waals surface area (Å²) in [5, 5.41) is 12.3. The van der Waals surface area contributed by atoms with Gasteiger partial charge in [0.2, 0.25) is 0 Å². The number of anilines is 1. The van der Waals surface area contributed by atoms with Crippen LogP contribution in [0.3, 0.4) is 0 Å². The number of nitrogens with zero attached hydrogens (tertiary/aromatic N) is 4. The molecule has 1 aliphatic rings. The molecule has 2 heterocycles. The van der Waals surface area contributed by atoms with E-state index in [0.717, 1.165) is 32.7 Å². The lowest BCUT2D eigenvalue weighted by molar-refractivity contribution is -0.382. The molecule has 0 amide bonds. The summed E-state index contributed by atoms with van der Waals surface area (Å²) in [5.41, 5.74) is 1.54. The zero-order chi connectivity index (χ0) is 19.7. The van der Waals surface area contributed by atoms with Gasteiger partial charge in [-0.15, -0.1) is 0 Å². The fourth-order valence-electron chi connectivity index (χ4n) is 3.49. The van der Waals surface area contributed by atoms with E-state index in [4.69, 9.17) is 0 Å². The fourth-order valence-corrected chi connectivity index (χ4v) is 4.61. The largest absolute Gasteiger partial charge is 0.345 e. The Bertz CT molecular complexity index is 1080. The van der Waals surface area contributed by atoms with Crippen LogP contribution in [0.5, 0.6) is 0 Å². The second-order valence-electron chi connectivity index (χ2n) is 6.97. The maximum Gasteiger partial charge on any atom is 0.287 e. The zero-order valence-corrected chi connectivity index (χ0v) is 16.3. The van der Waals surface area contributed by atoms with E-state index in [1.165, 1.54) is 23.0 Å². The first-order chi connectivity index (χ1) is 13.5. The third-order valence-corrected chi connectivity index (χ3v) is 6.09. The highest BCUT2D eigenvalue weighted by atomic mass is 32.1. The van der Waals surface area contributed by atoms with Crippen molar-refractivity contribution in [2.75, 3.05) is 31.1 Å². The fraction of sp³-hybridized carbons (Fsp3) is 0.300. The van der Waals surface area contributed by atoms with Crippen molar-refractivity contribution >= 4 is 32.2 Å². The number of hydrogen-bond donors (Lipinski definition) is 0. The lowest BCUT2D eigenvalue weighted by Gasteiger charge is -2.34. The number of nitro benzene ring substituents is 1. The normalized spacial score (nSPS) is 15.1. The molecule has 28 heavy (non-hydrogen) atoms. The van der Waals surface area contributed by atoms with Crippen molar-refractivity contribution in [1.29, 1.82) is 0 Å². The molecule has 8 heteroatoms. The van der Waals surface area contributed by atoms with Gasteiger partial charge in [0.05, 0.1) is 10.3 Å². The first-order valence-electron chi connectivity index (χ1n) is 9.12. The van der Waals surface area contributed by atoms with E-state index in [1.807, 2.05) is 18.2 Å². The van der Waals surface area contributed by atoms with Crippen molar-refractivity contribution in [1.82, 2.24) is 9.88 Å². The summed E-state index contributed by atoms with van der Waals surface area (Å²) in [4.78, 5) is 32.2. The van der Waals surface area contributed by atoms with E-state index in [2.05, 4.69) is 26.9 Å². The Morgan fingerprint density at radius 3 is 2.54 bits per heavy atom. The first kappa shape index (κ1) is 18.5. The molecular formula is C20H20N4O3S. The van der Waals surface area contributed by atoms with E-state index in [9.17, 15) is 14.9 Å². The van der Waals surface area contributed by atoms with Gasteiger partial charge in [-0.2, -0.15) is 4.98 Å². The molecule has 0 radical (unpaired) electrons. The van der Waals surface area contributed by atoms with Crippen LogP contribution in [-0.2, 0) is 6.54 Å². The predicted octanol–water partition coefficient (Wildman–Crippen LogP) is 3.20. The van der Waals surface area contributed by atoms with Gasteiger partial charge in [-0.1, -0.05) is 41.7 Å². The Morgan fingerprint density at radius 2 is 1.86 bits per heavy atom. The highest BCUT2D eigenvalue weighted by molar-refractivity contribution is 7.22. The summed E-state index contributed by atoms with van der Waals surface area (Å²) in [6.45, 7) is 5.82. The average molecular weight is 396 g/mol. The number of nitro groups is 1. The summed E-state index contributed by atoms with van der Waals surface area (Å²) in [6.07, 6.45) is 0. The monoisotopic (exact) mass is 396 g/mol. The molecule has 0 spiro atoms. The van der Waals surface area contributed by atoms with Gasteiger partial charge in [-0.25, -0.2) is 0 Å². The summed E-state index contributed by atoms with van der Waals surface area (Å²) >= 11 is 1.23. The van der Waals surface area contributed by atoms with E-state index < -0.39 is 10.5 Å². The Morgan fingerprint density at radius 1 is 1.14 bits per heavy atom. The molecule has 1 saturated heterocycles. The van der Waals surface area contributed by atoms with E-state index >= 15 is 0 Å². The van der Waals surface area contributed by atoms with Gasteiger partial charge in [-0.3, -0.25) is 19.8 Å². The van der Waals surface area contributed by atoms with Crippen LogP contribution in [0.1, 0.15) is 11.1 Å². The number of aryl methyl sites for hydroxylation is 1. The maximum atomic E-state index is 12.5. The summed E-state index contributed by atoms with van der Waals surface area (Å²) < 4.78 is 0.400. The Hall–Kier alpha value is -2.84. The summed E-state index contributed by atoms with van der Waals surface area (Å²) in [5.74, 6) is 0. The highest BCUT2D eigenvalue weighted by Gasteiger charge is 2.22. The third kappa shape index (κ3) is 3.74. The van der Waals surface area contributed by atoms with Crippen LogP contribution in [0.15, 0.2) is 47.3 Å². The van der Waals surface area contributed by atoms with Gasteiger partial charge in [0.25, 0.3) is 11.2 Å². The van der Waals surface area contributed by atoms with Crippen molar-refractivity contribution < 1.29 is 4.92 Å². The van der Waals surface area contributed by atoms with Gasteiger partial charge in [0.15, 0.2) is 5.13 Å². The molecule has 3 aromatic rings. The predicted molar refractivity (Wildman–Crippen MR) is 111 cm³/mol. The van der Waals surface area contributed by atoms with Gasteiger partial charge >= 0.3 is 0 Å². The SMILES string of the molecule is Cc1cc([N+](=O)[O-])c2sc(N3CCN(Cc4ccccc4)CC3)nc(=O)c2c1. The van der Waals surface area contributed by atoms with Crippen molar-refractivity contribution in [2.45, 2.75) is 13.5 Å². The number of rotatable bonds is 4. The molecule has 0 unspecified atom stereocenters. The first-order valence-corrected chi connectivity index (χ1v) is 9.94. The van der Waals surface area contributed by atoms with Crippen LogP contribution in [0.4, 0.5) is 10.8 Å². The molecule has 1 aliphatic heterocycles. The molecule has 7 nitrogen and oxygen atoms in total. The third-order valence-electron chi connectivity index (χ3n) is 4.92. The lowest BCUT2D eigenvalue weighted by atomic mass is 10.1. The molecule has 144 valence electrons. The van der Waals surface area contributed by atoms with Crippen LogP contribution in [-0.4, -0.2) is 41.0 Å². The van der Waals surface area contributed by atoms with Crippen molar-refractivity contribution in [3.8, 4) is 0 Å². The van der Waals surface area contributed by atoms with E-state index in [0.29, 0.717) is 20.8 Å². The molecule has 1 fully saturated rings.